The number of aryl methyl sites for hydroxylation is 2. The van der Waals surface area contributed by atoms with Gasteiger partial charge in [-0.3, -0.25) is 14.3 Å². The minimum absolute atomic E-state index is 0.151. The van der Waals surface area contributed by atoms with E-state index in [-0.39, 0.29) is 18.0 Å². The zero-order chi connectivity index (χ0) is 27.4. The Labute approximate surface area is 228 Å². The summed E-state index contributed by atoms with van der Waals surface area (Å²) in [5, 5.41) is 11.7. The van der Waals surface area contributed by atoms with E-state index in [0.29, 0.717) is 23.8 Å². The maximum absolute atomic E-state index is 13.6. The lowest BCUT2D eigenvalue weighted by molar-refractivity contribution is 0.0952. The molecule has 4 aromatic rings. The quantitative estimate of drug-likeness (QED) is 0.251. The van der Waals surface area contributed by atoms with Crippen molar-refractivity contribution in [2.75, 3.05) is 20.2 Å². The highest BCUT2D eigenvalue weighted by molar-refractivity contribution is 6.08. The van der Waals surface area contributed by atoms with Gasteiger partial charge in [-0.15, -0.1) is 0 Å². The van der Waals surface area contributed by atoms with Crippen molar-refractivity contribution in [1.29, 1.82) is 0 Å². The predicted octanol–water partition coefficient (Wildman–Crippen LogP) is 5.04. The van der Waals surface area contributed by atoms with Crippen molar-refractivity contribution < 1.29 is 9.53 Å². The SMILES string of the molecule is CNCCCOc1cccc(-c2cc(C(=O)NCc3c(C)cc(C)[nH]c3=O)c3cnn(C4CCCC4)c3c2)c1. The normalized spacial score (nSPS) is 13.7. The Morgan fingerprint density at radius 1 is 1.13 bits per heavy atom. The van der Waals surface area contributed by atoms with Crippen LogP contribution >= 0.6 is 0 Å². The number of benzene rings is 2. The Morgan fingerprint density at radius 3 is 2.72 bits per heavy atom. The summed E-state index contributed by atoms with van der Waals surface area (Å²) in [4.78, 5) is 29.0. The van der Waals surface area contributed by atoms with Crippen LogP contribution in [0.1, 0.15) is 65.3 Å². The molecule has 3 N–H and O–H groups in total. The van der Waals surface area contributed by atoms with E-state index < -0.39 is 0 Å². The number of hydrogen-bond acceptors (Lipinski definition) is 5. The fourth-order valence-electron chi connectivity index (χ4n) is 5.51. The number of fused-ring (bicyclic) bond motifs is 1. The predicted molar refractivity (Wildman–Crippen MR) is 154 cm³/mol. The van der Waals surface area contributed by atoms with Crippen molar-refractivity contribution in [3.05, 3.63) is 81.4 Å². The van der Waals surface area contributed by atoms with Crippen molar-refractivity contribution in [3.63, 3.8) is 0 Å². The highest BCUT2D eigenvalue weighted by Gasteiger charge is 2.23. The van der Waals surface area contributed by atoms with Gasteiger partial charge in [-0.05, 0) is 93.7 Å². The first-order valence-corrected chi connectivity index (χ1v) is 13.8. The lowest BCUT2D eigenvalue weighted by Crippen LogP contribution is -2.28. The molecule has 1 saturated carbocycles. The first-order chi connectivity index (χ1) is 18.9. The number of aromatic nitrogens is 3. The Bertz CT molecular complexity index is 1530. The maximum atomic E-state index is 13.6. The molecule has 0 aliphatic heterocycles. The number of rotatable bonds is 10. The molecule has 0 spiro atoms. The molecule has 2 aromatic heterocycles. The first kappa shape index (κ1) is 26.7. The second-order valence-electron chi connectivity index (χ2n) is 10.4. The van der Waals surface area contributed by atoms with Crippen LogP contribution < -0.4 is 20.9 Å². The zero-order valence-electron chi connectivity index (χ0n) is 23.0. The smallest absolute Gasteiger partial charge is 0.253 e. The molecule has 2 aromatic carbocycles. The Morgan fingerprint density at radius 2 is 1.95 bits per heavy atom. The molecular weight excluding hydrogens is 490 g/mol. The summed E-state index contributed by atoms with van der Waals surface area (Å²) in [5.41, 5.74) is 5.45. The van der Waals surface area contributed by atoms with Crippen LogP contribution in [0.5, 0.6) is 5.75 Å². The average molecular weight is 528 g/mol. The van der Waals surface area contributed by atoms with Gasteiger partial charge in [-0.25, -0.2) is 0 Å². The molecule has 8 nitrogen and oxygen atoms in total. The molecular formula is C31H37N5O3. The molecule has 0 bridgehead atoms. The van der Waals surface area contributed by atoms with Gasteiger partial charge in [0.15, 0.2) is 0 Å². The molecule has 0 atom stereocenters. The number of pyridine rings is 1. The van der Waals surface area contributed by atoms with Crippen LogP contribution in [0, 0.1) is 13.8 Å². The second kappa shape index (κ2) is 11.9. The number of hydrogen-bond donors (Lipinski definition) is 3. The minimum Gasteiger partial charge on any atom is -0.494 e. The van der Waals surface area contributed by atoms with E-state index in [0.717, 1.165) is 64.8 Å². The third-order valence-corrected chi connectivity index (χ3v) is 7.56. The number of ether oxygens (including phenoxy) is 1. The Balaban J connectivity index is 1.50. The summed E-state index contributed by atoms with van der Waals surface area (Å²) in [6.45, 7) is 5.42. The number of aromatic amines is 1. The van der Waals surface area contributed by atoms with Gasteiger partial charge in [0.05, 0.1) is 29.9 Å². The van der Waals surface area contributed by atoms with E-state index in [2.05, 4.69) is 26.4 Å². The van der Waals surface area contributed by atoms with E-state index >= 15 is 0 Å². The van der Waals surface area contributed by atoms with Gasteiger partial charge in [0.1, 0.15) is 5.75 Å². The summed E-state index contributed by atoms with van der Waals surface area (Å²) in [6, 6.07) is 14.3. The highest BCUT2D eigenvalue weighted by Crippen LogP contribution is 2.35. The number of carbonyl (C=O) groups excluding carboxylic acids is 1. The minimum atomic E-state index is -0.230. The lowest BCUT2D eigenvalue weighted by atomic mass is 9.99. The van der Waals surface area contributed by atoms with Crippen LogP contribution in [-0.2, 0) is 6.54 Å². The van der Waals surface area contributed by atoms with Crippen LogP contribution in [0.2, 0.25) is 0 Å². The van der Waals surface area contributed by atoms with Crippen LogP contribution in [0.25, 0.3) is 22.0 Å². The van der Waals surface area contributed by atoms with Crippen molar-refractivity contribution in [2.24, 2.45) is 0 Å². The second-order valence-corrected chi connectivity index (χ2v) is 10.4. The van der Waals surface area contributed by atoms with E-state index in [4.69, 9.17) is 9.84 Å². The molecule has 2 heterocycles. The van der Waals surface area contributed by atoms with E-state index in [1.807, 2.05) is 57.3 Å². The summed E-state index contributed by atoms with van der Waals surface area (Å²) in [7, 11) is 1.93. The molecule has 0 saturated heterocycles. The molecule has 0 radical (unpaired) electrons. The first-order valence-electron chi connectivity index (χ1n) is 13.8. The monoisotopic (exact) mass is 527 g/mol. The summed E-state index contributed by atoms with van der Waals surface area (Å²) in [6.07, 6.45) is 7.28. The van der Waals surface area contributed by atoms with Gasteiger partial charge in [-0.2, -0.15) is 5.10 Å². The van der Waals surface area contributed by atoms with Gasteiger partial charge in [0.2, 0.25) is 0 Å². The standard InChI is InChI=1S/C31H37N5O3/c1-20-14-21(2)35-31(38)27(20)18-33-30(37)26-16-23(22-8-6-11-25(15-22)39-13-7-12-32-3)17-29-28(26)19-34-36(29)24-9-4-5-10-24/h6,8,11,14-17,19,24,32H,4-5,7,9-10,12-13,18H2,1-3H3,(H,33,37)(H,35,38). The molecule has 5 rings (SSSR count). The van der Waals surface area contributed by atoms with E-state index in [9.17, 15) is 9.59 Å². The highest BCUT2D eigenvalue weighted by atomic mass is 16.5. The number of nitrogens with one attached hydrogen (secondary N) is 3. The van der Waals surface area contributed by atoms with Crippen LogP contribution in [0.4, 0.5) is 0 Å². The van der Waals surface area contributed by atoms with Gasteiger partial charge in [0, 0.05) is 23.2 Å². The number of nitrogens with zero attached hydrogens (tertiary/aromatic N) is 2. The third-order valence-electron chi connectivity index (χ3n) is 7.56. The van der Waals surface area contributed by atoms with Crippen molar-refractivity contribution >= 4 is 16.8 Å². The van der Waals surface area contributed by atoms with Crippen LogP contribution in [0.3, 0.4) is 0 Å². The molecule has 1 amide bonds. The summed E-state index contributed by atoms with van der Waals surface area (Å²) >= 11 is 0. The molecule has 39 heavy (non-hydrogen) atoms. The van der Waals surface area contributed by atoms with Gasteiger partial charge >= 0.3 is 0 Å². The van der Waals surface area contributed by atoms with Gasteiger partial charge < -0.3 is 20.4 Å². The number of H-pyrrole nitrogens is 1. The average Bonchev–Trinajstić information content (AvgIpc) is 3.60. The molecule has 1 fully saturated rings. The molecule has 1 aliphatic rings. The van der Waals surface area contributed by atoms with Gasteiger partial charge in [-0.1, -0.05) is 25.0 Å². The lowest BCUT2D eigenvalue weighted by Gasteiger charge is -2.15. The van der Waals surface area contributed by atoms with Crippen molar-refractivity contribution in [3.8, 4) is 16.9 Å². The molecule has 1 aliphatic carbocycles. The van der Waals surface area contributed by atoms with Gasteiger partial charge in [0.25, 0.3) is 11.5 Å². The Kier molecular flexibility index (Phi) is 8.12. The fraction of sp³-hybridized carbons (Fsp3) is 0.387. The van der Waals surface area contributed by atoms with Crippen LogP contribution in [-0.4, -0.2) is 40.9 Å². The molecule has 8 heteroatoms. The van der Waals surface area contributed by atoms with Crippen molar-refractivity contribution in [2.45, 2.75) is 58.5 Å². The van der Waals surface area contributed by atoms with Crippen LogP contribution in [0.15, 0.2) is 53.5 Å². The third kappa shape index (κ3) is 5.91. The fourth-order valence-corrected chi connectivity index (χ4v) is 5.51. The van der Waals surface area contributed by atoms with E-state index in [1.54, 1.807) is 6.20 Å². The van der Waals surface area contributed by atoms with Crippen molar-refractivity contribution in [1.82, 2.24) is 25.4 Å². The zero-order valence-corrected chi connectivity index (χ0v) is 23.0. The molecule has 0 unspecified atom stereocenters. The Hall–Kier alpha value is -3.91. The number of carbonyl (C=O) groups is 1. The largest absolute Gasteiger partial charge is 0.494 e. The molecule has 204 valence electrons. The summed E-state index contributed by atoms with van der Waals surface area (Å²) in [5.74, 6) is 0.569. The number of amides is 1. The summed E-state index contributed by atoms with van der Waals surface area (Å²) < 4.78 is 8.07. The maximum Gasteiger partial charge on any atom is 0.253 e. The topological polar surface area (TPSA) is 101 Å². The van der Waals surface area contributed by atoms with E-state index in [1.165, 1.54) is 12.8 Å².